The molecule has 15 rings (SSSR count). The molecule has 9 atom stereocenters. The second kappa shape index (κ2) is 41.7. The number of carbonyl (C=O) groups is 11. The highest BCUT2D eigenvalue weighted by molar-refractivity contribution is 5.99. The number of nitrogens with one attached hydrogen (secondary N) is 2. The maximum absolute atomic E-state index is 12.7. The van der Waals surface area contributed by atoms with Crippen molar-refractivity contribution in [3.63, 3.8) is 0 Å². The number of carbonyl (C=O) groups excluding carboxylic acids is 11. The van der Waals surface area contributed by atoms with Crippen LogP contribution in [0.2, 0.25) is 0 Å². The van der Waals surface area contributed by atoms with Gasteiger partial charge in [0.1, 0.15) is 47.8 Å². The van der Waals surface area contributed by atoms with Gasteiger partial charge in [0.15, 0.2) is 34.5 Å². The van der Waals surface area contributed by atoms with Crippen molar-refractivity contribution in [2.45, 2.75) is 216 Å². The molecular weight excluding hydrogens is 1740 g/mol. The number of nitrogens with two attached hydrogens (primary N) is 1. The number of amides is 2. The lowest BCUT2D eigenvalue weighted by Crippen LogP contribution is -2.35. The van der Waals surface area contributed by atoms with E-state index in [0.29, 0.717) is 72.8 Å². The number of halogens is 6. The number of methoxy groups -OCH3 is 3. The van der Waals surface area contributed by atoms with Crippen LogP contribution < -0.4 is 44.8 Å². The number of hydrogen-bond donors (Lipinski definition) is 3. The van der Waals surface area contributed by atoms with E-state index in [0.717, 1.165) is 83.6 Å². The quantitative estimate of drug-likeness (QED) is 0.0134. The monoisotopic (exact) mass is 1840 g/mol. The van der Waals surface area contributed by atoms with Gasteiger partial charge in [0.2, 0.25) is 11.8 Å². The van der Waals surface area contributed by atoms with Crippen LogP contribution in [0.25, 0.3) is 0 Å². The summed E-state index contributed by atoms with van der Waals surface area (Å²) >= 11 is 0. The molecule has 0 fully saturated rings. The van der Waals surface area contributed by atoms with Crippen LogP contribution >= 0.6 is 0 Å². The summed E-state index contributed by atoms with van der Waals surface area (Å²) in [5.41, 5.74) is 17.0. The van der Waals surface area contributed by atoms with Crippen molar-refractivity contribution in [1.82, 2.24) is 14.7 Å². The van der Waals surface area contributed by atoms with Gasteiger partial charge in [-0.25, -0.2) is 24.0 Å². The van der Waals surface area contributed by atoms with Crippen LogP contribution in [-0.2, 0) is 91.1 Å². The zero-order valence-electron chi connectivity index (χ0n) is 75.0. The molecule has 9 aliphatic rings. The highest BCUT2D eigenvalue weighted by Gasteiger charge is 2.51. The van der Waals surface area contributed by atoms with Crippen LogP contribution in [0, 0.1) is 0 Å². The third-order valence-corrected chi connectivity index (χ3v) is 22.5. The average molecular weight is 1840 g/mol. The van der Waals surface area contributed by atoms with Crippen molar-refractivity contribution < 1.29 is 141 Å². The first-order chi connectivity index (χ1) is 62.4. The SMILES string of the molecule is CC(C)(C)OC(=O)c1ccc(N)cc1.COc1ccc2c3c1O[C@H]1C[C@@H](OC(=O)CCCC(=O)Nc4ccc(C(=O)OC(=O)C(F)(F)F)cc4)C=C(CN(C)C2)[C@@H]31.COc1ccc2c3c1O[C@H]1C[C@@H](OC(=O)CCCC(=O)Nc4ccc(C(=O)OC(C)(C)C)cc4)C=C(CN(C)C2)[C@@H]31.COc1ccc2c3c1O[C@H]1C[C@@H](OC(=O)CCCC(=O)OC(=O)C(F)(F)F)C=C(CN(C)C2)[C@@H]31. The van der Waals surface area contributed by atoms with Gasteiger partial charge in [0.25, 0.3) is 0 Å². The molecule has 0 unspecified atom stereocenters. The fourth-order valence-electron chi connectivity index (χ4n) is 17.2. The van der Waals surface area contributed by atoms with E-state index < -0.39 is 89.9 Å². The minimum absolute atomic E-state index is 0.00121. The molecule has 36 heteroatoms. The highest BCUT2D eigenvalue weighted by atomic mass is 19.4. The summed E-state index contributed by atoms with van der Waals surface area (Å²) in [6.07, 6.45) is -4.87. The first-order valence-corrected chi connectivity index (χ1v) is 43.0. The Hall–Kier alpha value is -12.8. The summed E-state index contributed by atoms with van der Waals surface area (Å²) < 4.78 is 144. The van der Waals surface area contributed by atoms with Gasteiger partial charge in [-0.3, -0.25) is 43.5 Å². The zero-order chi connectivity index (χ0) is 95.6. The van der Waals surface area contributed by atoms with Crippen molar-refractivity contribution >= 4 is 82.6 Å². The van der Waals surface area contributed by atoms with Crippen LogP contribution in [0.4, 0.5) is 43.4 Å². The largest absolute Gasteiger partial charge is 0.493 e. The second-order valence-electron chi connectivity index (χ2n) is 35.3. The van der Waals surface area contributed by atoms with Crippen molar-refractivity contribution in [2.75, 3.05) is 78.5 Å². The van der Waals surface area contributed by atoms with Crippen LogP contribution in [0.1, 0.15) is 201 Å². The predicted molar refractivity (Wildman–Crippen MR) is 464 cm³/mol. The molecule has 4 N–H and O–H groups in total. The second-order valence-corrected chi connectivity index (χ2v) is 35.3. The molecule has 0 radical (unpaired) electrons. The van der Waals surface area contributed by atoms with Gasteiger partial charge < -0.3 is 77.9 Å². The van der Waals surface area contributed by atoms with Gasteiger partial charge in [0.05, 0.1) is 38.0 Å². The third-order valence-electron chi connectivity index (χ3n) is 22.5. The molecule has 706 valence electrons. The summed E-state index contributed by atoms with van der Waals surface area (Å²) in [5.74, 6) is -6.18. The third kappa shape index (κ3) is 25.3. The maximum atomic E-state index is 12.7. The van der Waals surface area contributed by atoms with Crippen molar-refractivity contribution in [3.05, 3.63) is 194 Å². The number of nitrogens with zero attached hydrogens (tertiary/aromatic N) is 3. The van der Waals surface area contributed by atoms with Crippen molar-refractivity contribution in [2.24, 2.45) is 0 Å². The normalized spacial score (nSPS) is 20.4. The molecule has 6 aromatic carbocycles. The Morgan fingerprint density at radius 3 is 0.992 bits per heavy atom. The van der Waals surface area contributed by atoms with E-state index in [4.69, 9.17) is 57.8 Å². The van der Waals surface area contributed by atoms with Gasteiger partial charge in [-0.1, -0.05) is 18.2 Å². The molecule has 132 heavy (non-hydrogen) atoms. The van der Waals surface area contributed by atoms with Crippen LogP contribution in [-0.4, -0.2) is 203 Å². The van der Waals surface area contributed by atoms with E-state index in [9.17, 15) is 79.1 Å². The fourth-order valence-corrected chi connectivity index (χ4v) is 17.2. The van der Waals surface area contributed by atoms with Gasteiger partial charge in [-0.05, 0) is 225 Å². The molecule has 0 bridgehead atoms. The number of ether oxygens (including phenoxy) is 13. The zero-order valence-corrected chi connectivity index (χ0v) is 75.0. The number of alkyl halides is 6. The number of anilines is 3. The first-order valence-electron chi connectivity index (χ1n) is 43.0. The Labute approximate surface area is 757 Å². The van der Waals surface area contributed by atoms with Gasteiger partial charge in [-0.2, -0.15) is 26.3 Å². The van der Waals surface area contributed by atoms with E-state index in [1.165, 1.54) is 40.0 Å². The first kappa shape index (κ1) is 98.2. The maximum Gasteiger partial charge on any atom is 0.491 e. The topological polar surface area (TPSA) is 368 Å². The smallest absolute Gasteiger partial charge is 0.491 e. The summed E-state index contributed by atoms with van der Waals surface area (Å²) in [7, 11) is 11.0. The Morgan fingerprint density at radius 1 is 0.386 bits per heavy atom. The lowest BCUT2D eigenvalue weighted by atomic mass is 9.80. The van der Waals surface area contributed by atoms with Gasteiger partial charge >= 0.3 is 66.1 Å². The highest BCUT2D eigenvalue weighted by Crippen LogP contribution is 2.57. The predicted octanol–water partition coefficient (Wildman–Crippen LogP) is 14.5. The lowest BCUT2D eigenvalue weighted by Gasteiger charge is -2.31. The molecule has 0 aromatic heterocycles. The average Bonchev–Trinajstić information content (AvgIpc) is 1.59. The number of nitrogen functional groups attached to an aromatic ring is 1. The van der Waals surface area contributed by atoms with Crippen LogP contribution in [0.5, 0.6) is 34.5 Å². The fraction of sp³-hybridized carbons (Fsp3) is 0.448. The Balaban J connectivity index is 0.000000167. The molecule has 0 saturated carbocycles. The van der Waals surface area contributed by atoms with Gasteiger partial charge in [0, 0.05) is 149 Å². The minimum Gasteiger partial charge on any atom is -0.493 e. The molecule has 0 spiro atoms. The molecule has 2 amide bonds. The molecule has 6 aromatic rings. The Kier molecular flexibility index (Phi) is 31.0. The summed E-state index contributed by atoms with van der Waals surface area (Å²) in [5, 5.41) is 5.37. The van der Waals surface area contributed by atoms with Crippen molar-refractivity contribution in [1.29, 1.82) is 0 Å². The number of likely N-dealkylation sites (N-methyl/N-ethyl adjacent to an activating group) is 3. The van der Waals surface area contributed by atoms with E-state index >= 15 is 0 Å². The number of hydrogen-bond acceptors (Lipinski definition) is 28. The van der Waals surface area contributed by atoms with E-state index in [1.807, 2.05) is 92.1 Å². The summed E-state index contributed by atoms with van der Waals surface area (Å²) in [6, 6.07) is 30.0. The van der Waals surface area contributed by atoms with Crippen LogP contribution in [0.15, 0.2) is 144 Å². The summed E-state index contributed by atoms with van der Waals surface area (Å²) in [4.78, 5) is 137. The molecular formula is C96H106F6N6O24. The number of benzene rings is 6. The van der Waals surface area contributed by atoms with Gasteiger partial charge in [-0.15, -0.1) is 0 Å². The summed E-state index contributed by atoms with van der Waals surface area (Å²) in [6.45, 7) is 15.4. The minimum atomic E-state index is -5.30. The van der Waals surface area contributed by atoms with E-state index in [1.54, 1.807) is 69.9 Å². The molecule has 3 aliphatic carbocycles. The van der Waals surface area contributed by atoms with Crippen LogP contribution in [0.3, 0.4) is 0 Å². The lowest BCUT2D eigenvalue weighted by molar-refractivity contribution is -0.201. The van der Waals surface area contributed by atoms with Crippen molar-refractivity contribution in [3.8, 4) is 34.5 Å². The number of esters is 9. The molecule has 6 aliphatic heterocycles. The van der Waals surface area contributed by atoms with E-state index in [-0.39, 0.29) is 116 Å². The number of rotatable bonds is 23. The Bertz CT molecular complexity index is 5450. The Morgan fingerprint density at radius 2 is 0.682 bits per heavy atom. The molecule has 6 heterocycles. The standard InChI is InChI=1S/C32H38N2O7.C30H29F3N2O8.C23H24F3NO7.C11H15NO2/c1-32(2,3)41-31(37)19-9-12-22(13-10-19)33-26(35)7-6-8-27(36)39-23-15-21-18-34(4)17-20-11-14-24(38-5)30-29(20)28(21)25(16-23)40-30;1-35-14-17-8-11-21(40-2)27-26(17)25-18(15-35)12-20(13-22(25)42-27)41-24(37)5-3-4-23(36)34-19-9-6-16(7-10-19)28(38)43-29(39)30(31,32)33;1-27-10-12-6-7-15(31-2)21-20(12)19-13(11-27)8-14(9-16(19)33-21)32-17(28)4-3-5-18(29)34-22(30)23(24,25)26;1-11(2,3)14-10(13)8-4-6-9(12)7-5-8/h9-15,23,25,28H,6-8,16-18H2,1-5H3,(H,33,35);6-12,20,22,25H,3-5,13-15H2,1-2H3,(H,34,36);6-8,14,16,19H,3-5,9-11H2,1-2H3;4-7H,12H2,1-3H3/t23-,25-,28+;20-,22-,25+;14-,16-,19+;/m000./s1. The molecule has 0 saturated heterocycles. The van der Waals surface area contributed by atoms with E-state index in [2.05, 4.69) is 60.1 Å². The molecule has 30 nitrogen and oxygen atoms in total.